The van der Waals surface area contributed by atoms with Crippen LogP contribution >= 0.6 is 0 Å². The molecule has 0 radical (unpaired) electrons. The van der Waals surface area contributed by atoms with E-state index >= 15 is 0 Å². The number of hydrogen-bond acceptors (Lipinski definition) is 3. The van der Waals surface area contributed by atoms with E-state index in [1.165, 1.54) is 25.9 Å². The highest BCUT2D eigenvalue weighted by Gasteiger charge is 2.15. The number of nitrogens with zero attached hydrogens (tertiary/aromatic N) is 1. The van der Waals surface area contributed by atoms with Gasteiger partial charge in [-0.15, -0.1) is 0 Å². The molecule has 1 fully saturated rings. The second kappa shape index (κ2) is 7.53. The van der Waals surface area contributed by atoms with Gasteiger partial charge in [0.1, 0.15) is 0 Å². The summed E-state index contributed by atoms with van der Waals surface area (Å²) in [6.07, 6.45) is 2.40. The van der Waals surface area contributed by atoms with Crippen molar-refractivity contribution in [3.8, 4) is 0 Å². The van der Waals surface area contributed by atoms with Gasteiger partial charge in [0.25, 0.3) is 0 Å². The van der Waals surface area contributed by atoms with Crippen LogP contribution in [0.4, 0.5) is 0 Å². The van der Waals surface area contributed by atoms with E-state index < -0.39 is 0 Å². The number of likely N-dealkylation sites (tertiary alicyclic amines) is 1. The van der Waals surface area contributed by atoms with E-state index in [0.717, 1.165) is 0 Å². The molecule has 0 unspecified atom stereocenters. The Kier molecular flexibility index (Phi) is 7.45. The van der Waals surface area contributed by atoms with Crippen LogP contribution in [0.2, 0.25) is 0 Å². The molecule has 1 rings (SSSR count). The first-order valence-electron chi connectivity index (χ1n) is 4.80. The zero-order valence-corrected chi connectivity index (χ0v) is 8.76. The van der Waals surface area contributed by atoms with E-state index in [1.807, 2.05) is 13.8 Å². The number of hydroxylamine groups is 1. The Balaban J connectivity index is 0.000000561. The molecule has 0 amide bonds. The van der Waals surface area contributed by atoms with Gasteiger partial charge in [-0.25, -0.2) is 0 Å². The van der Waals surface area contributed by atoms with Crippen LogP contribution in [0.1, 0.15) is 26.7 Å². The predicted molar refractivity (Wildman–Crippen MR) is 52.0 cm³/mol. The van der Waals surface area contributed by atoms with Crippen molar-refractivity contribution in [2.75, 3.05) is 27.2 Å². The Bertz CT molecular complexity index is 90.5. The second-order valence-electron chi connectivity index (χ2n) is 2.90. The Hall–Kier alpha value is -0.120. The highest BCUT2D eigenvalue weighted by atomic mass is 16.6. The molecule has 0 aliphatic carbocycles. The third kappa shape index (κ3) is 4.70. The minimum atomic E-state index is 0.571. The second-order valence-corrected chi connectivity index (χ2v) is 2.90. The van der Waals surface area contributed by atoms with Gasteiger partial charge in [0.05, 0.1) is 7.11 Å². The van der Waals surface area contributed by atoms with Crippen molar-refractivity contribution in [2.24, 2.45) is 0 Å². The first-order chi connectivity index (χ1) is 5.83. The Labute approximate surface area is 76.0 Å². The van der Waals surface area contributed by atoms with Crippen LogP contribution in [-0.2, 0) is 4.84 Å². The van der Waals surface area contributed by atoms with Gasteiger partial charge in [-0.1, -0.05) is 13.8 Å². The van der Waals surface area contributed by atoms with Crippen molar-refractivity contribution < 1.29 is 4.84 Å². The molecule has 3 nitrogen and oxygen atoms in total. The van der Waals surface area contributed by atoms with Crippen LogP contribution in [-0.4, -0.2) is 38.2 Å². The van der Waals surface area contributed by atoms with E-state index in [1.54, 1.807) is 7.11 Å². The summed E-state index contributed by atoms with van der Waals surface area (Å²) >= 11 is 0. The molecular weight excluding hydrogens is 152 g/mol. The first kappa shape index (κ1) is 11.9. The lowest BCUT2D eigenvalue weighted by molar-refractivity contribution is 0.0397. The average Bonchev–Trinajstić information content (AvgIpc) is 2.13. The maximum absolute atomic E-state index is 4.85. The van der Waals surface area contributed by atoms with E-state index in [-0.39, 0.29) is 0 Å². The fourth-order valence-corrected chi connectivity index (χ4v) is 1.29. The van der Waals surface area contributed by atoms with Crippen molar-refractivity contribution in [1.82, 2.24) is 10.4 Å². The van der Waals surface area contributed by atoms with E-state index in [2.05, 4.69) is 17.4 Å². The number of piperidine rings is 1. The molecule has 0 atom stereocenters. The van der Waals surface area contributed by atoms with Crippen LogP contribution in [0.15, 0.2) is 0 Å². The SMILES string of the molecule is CC.CONC1CCN(C)CC1. The largest absolute Gasteiger partial charge is 0.306 e. The maximum atomic E-state index is 4.85. The van der Waals surface area contributed by atoms with Crippen molar-refractivity contribution in [3.05, 3.63) is 0 Å². The minimum absolute atomic E-state index is 0.571. The Morgan fingerprint density at radius 1 is 1.25 bits per heavy atom. The molecule has 0 aromatic heterocycles. The van der Waals surface area contributed by atoms with E-state index in [0.29, 0.717) is 6.04 Å². The van der Waals surface area contributed by atoms with E-state index in [4.69, 9.17) is 4.84 Å². The number of nitrogens with one attached hydrogen (secondary N) is 1. The molecule has 1 aliphatic heterocycles. The monoisotopic (exact) mass is 174 g/mol. The molecule has 0 aromatic carbocycles. The zero-order valence-electron chi connectivity index (χ0n) is 8.76. The summed E-state index contributed by atoms with van der Waals surface area (Å²) in [5.74, 6) is 0. The molecule has 74 valence electrons. The first-order valence-corrected chi connectivity index (χ1v) is 4.80. The molecule has 0 bridgehead atoms. The minimum Gasteiger partial charge on any atom is -0.306 e. The molecule has 3 heteroatoms. The smallest absolute Gasteiger partial charge is 0.0572 e. The van der Waals surface area contributed by atoms with Crippen LogP contribution in [0.3, 0.4) is 0 Å². The van der Waals surface area contributed by atoms with Gasteiger partial charge in [-0.05, 0) is 33.0 Å². The van der Waals surface area contributed by atoms with Gasteiger partial charge in [0.15, 0.2) is 0 Å². The van der Waals surface area contributed by atoms with Gasteiger partial charge in [0.2, 0.25) is 0 Å². The van der Waals surface area contributed by atoms with Crippen molar-refractivity contribution in [1.29, 1.82) is 0 Å². The zero-order chi connectivity index (χ0) is 9.40. The third-order valence-electron chi connectivity index (χ3n) is 2.00. The molecule has 0 saturated carbocycles. The Morgan fingerprint density at radius 2 is 1.75 bits per heavy atom. The molecule has 1 saturated heterocycles. The average molecular weight is 174 g/mol. The summed E-state index contributed by atoms with van der Waals surface area (Å²) in [4.78, 5) is 7.19. The fraction of sp³-hybridized carbons (Fsp3) is 1.00. The summed E-state index contributed by atoms with van der Waals surface area (Å²) in [6, 6.07) is 0.571. The van der Waals surface area contributed by atoms with Gasteiger partial charge in [0, 0.05) is 6.04 Å². The van der Waals surface area contributed by atoms with Crippen molar-refractivity contribution in [3.63, 3.8) is 0 Å². The molecule has 12 heavy (non-hydrogen) atoms. The lowest BCUT2D eigenvalue weighted by Gasteiger charge is -2.28. The highest BCUT2D eigenvalue weighted by molar-refractivity contribution is 4.72. The molecule has 1 heterocycles. The van der Waals surface area contributed by atoms with E-state index in [9.17, 15) is 0 Å². The lowest BCUT2D eigenvalue weighted by atomic mass is 10.1. The quantitative estimate of drug-likeness (QED) is 0.638. The van der Waals surface area contributed by atoms with Gasteiger partial charge >= 0.3 is 0 Å². The van der Waals surface area contributed by atoms with Gasteiger partial charge in [-0.2, -0.15) is 5.48 Å². The van der Waals surface area contributed by atoms with Crippen LogP contribution in [0, 0.1) is 0 Å². The van der Waals surface area contributed by atoms with Crippen LogP contribution in [0.5, 0.6) is 0 Å². The fourth-order valence-electron chi connectivity index (χ4n) is 1.29. The van der Waals surface area contributed by atoms with Crippen molar-refractivity contribution >= 4 is 0 Å². The third-order valence-corrected chi connectivity index (χ3v) is 2.00. The van der Waals surface area contributed by atoms with Gasteiger partial charge < -0.3 is 9.74 Å². The summed E-state index contributed by atoms with van der Waals surface area (Å²) < 4.78 is 0. The molecule has 1 aliphatic rings. The van der Waals surface area contributed by atoms with Gasteiger partial charge in [-0.3, -0.25) is 0 Å². The standard InChI is InChI=1S/C7H16N2O.C2H6/c1-9-5-3-7(4-6-9)8-10-2;1-2/h7-8H,3-6H2,1-2H3;1-2H3. The summed E-state index contributed by atoms with van der Waals surface area (Å²) in [7, 11) is 3.83. The summed E-state index contributed by atoms with van der Waals surface area (Å²) in [5, 5.41) is 0. The van der Waals surface area contributed by atoms with Crippen molar-refractivity contribution in [2.45, 2.75) is 32.7 Å². The lowest BCUT2D eigenvalue weighted by Crippen LogP contribution is -2.40. The molecule has 1 N–H and O–H groups in total. The number of rotatable bonds is 2. The number of hydrogen-bond donors (Lipinski definition) is 1. The van der Waals surface area contributed by atoms with Crippen LogP contribution < -0.4 is 5.48 Å². The summed E-state index contributed by atoms with van der Waals surface area (Å²) in [6.45, 7) is 6.36. The molecule has 0 spiro atoms. The molecular formula is C9H22N2O. The van der Waals surface area contributed by atoms with Crippen LogP contribution in [0.25, 0.3) is 0 Å². The predicted octanol–water partition coefficient (Wildman–Crippen LogP) is 1.26. The summed E-state index contributed by atoms with van der Waals surface area (Å²) in [5.41, 5.74) is 2.98. The highest BCUT2D eigenvalue weighted by Crippen LogP contribution is 2.07. The topological polar surface area (TPSA) is 24.5 Å². The normalized spacial score (nSPS) is 20.0. The Morgan fingerprint density at radius 3 is 2.17 bits per heavy atom. The molecule has 0 aromatic rings. The maximum Gasteiger partial charge on any atom is 0.0572 e.